The number of nitrogens with zero attached hydrogens (tertiary/aromatic N) is 1. The van der Waals surface area contributed by atoms with Crippen molar-refractivity contribution in [3.63, 3.8) is 0 Å². The van der Waals surface area contributed by atoms with Crippen LogP contribution in [0.3, 0.4) is 0 Å². The van der Waals surface area contributed by atoms with Gasteiger partial charge in [-0.2, -0.15) is 0 Å². The molecule has 0 bridgehead atoms. The Bertz CT molecular complexity index is 950. The molecule has 1 amide bonds. The van der Waals surface area contributed by atoms with Gasteiger partial charge in [0, 0.05) is 30.9 Å². The van der Waals surface area contributed by atoms with Crippen LogP contribution in [-0.2, 0) is 10.0 Å². The van der Waals surface area contributed by atoms with Crippen LogP contribution in [0.15, 0.2) is 59.5 Å². The number of likely N-dealkylation sites (tertiary alicyclic amines) is 1. The number of halogens is 1. The number of anilines is 1. The van der Waals surface area contributed by atoms with Gasteiger partial charge in [-0.3, -0.25) is 9.52 Å². The number of rotatable bonds is 4. The van der Waals surface area contributed by atoms with E-state index in [9.17, 15) is 13.2 Å². The first-order chi connectivity index (χ1) is 13.5. The maximum atomic E-state index is 12.9. The molecule has 2 aromatic carbocycles. The summed E-state index contributed by atoms with van der Waals surface area (Å²) in [6.07, 6.45) is 3.23. The van der Waals surface area contributed by atoms with E-state index >= 15 is 0 Å². The number of carbonyl (C=O) groups is 1. The zero-order valence-electron chi connectivity index (χ0n) is 16.1. The maximum Gasteiger partial charge on any atom is 0.261 e. The molecule has 0 radical (unpaired) electrons. The number of nitrogens with one attached hydrogen (secondary N) is 2. The van der Waals surface area contributed by atoms with Crippen molar-refractivity contribution in [3.05, 3.63) is 60.2 Å². The third-order valence-electron chi connectivity index (χ3n) is 5.86. The third kappa shape index (κ3) is 4.74. The largest absolute Gasteiger partial charge is 0.339 e. The van der Waals surface area contributed by atoms with E-state index in [1.807, 2.05) is 4.90 Å². The van der Waals surface area contributed by atoms with Crippen molar-refractivity contribution >= 4 is 34.0 Å². The third-order valence-corrected chi connectivity index (χ3v) is 7.26. The molecule has 2 aromatic rings. The van der Waals surface area contributed by atoms with E-state index < -0.39 is 10.0 Å². The van der Waals surface area contributed by atoms with Crippen LogP contribution in [-0.4, -0.2) is 45.4 Å². The molecule has 0 aromatic heterocycles. The number of piperidine rings is 1. The fraction of sp³-hybridized carbons (Fsp3) is 0.381. The van der Waals surface area contributed by atoms with Crippen LogP contribution in [0, 0.1) is 5.41 Å². The predicted molar refractivity (Wildman–Crippen MR) is 116 cm³/mol. The van der Waals surface area contributed by atoms with Crippen molar-refractivity contribution in [2.24, 2.45) is 5.41 Å². The molecule has 1 spiro atoms. The second-order valence-electron chi connectivity index (χ2n) is 7.72. The van der Waals surface area contributed by atoms with E-state index in [2.05, 4.69) is 10.0 Å². The molecular formula is C21H26ClN3O3S. The smallest absolute Gasteiger partial charge is 0.261 e. The van der Waals surface area contributed by atoms with Crippen molar-refractivity contribution < 1.29 is 13.2 Å². The highest BCUT2D eigenvalue weighted by Crippen LogP contribution is 2.37. The Kier molecular flexibility index (Phi) is 6.51. The van der Waals surface area contributed by atoms with Gasteiger partial charge in [-0.1, -0.05) is 24.3 Å². The average Bonchev–Trinajstić information content (AvgIpc) is 3.16. The van der Waals surface area contributed by atoms with Gasteiger partial charge in [-0.15, -0.1) is 12.4 Å². The molecule has 0 aliphatic carbocycles. The molecule has 2 heterocycles. The normalized spacial score (nSPS) is 18.3. The summed E-state index contributed by atoms with van der Waals surface area (Å²) in [4.78, 5) is 15.0. The second kappa shape index (κ2) is 8.73. The summed E-state index contributed by atoms with van der Waals surface area (Å²) in [7, 11) is -3.68. The molecule has 0 unspecified atom stereocenters. The first-order valence-corrected chi connectivity index (χ1v) is 11.1. The Hall–Kier alpha value is -2.09. The molecule has 2 N–H and O–H groups in total. The number of benzene rings is 2. The second-order valence-corrected chi connectivity index (χ2v) is 9.40. The number of hydrogen-bond acceptors (Lipinski definition) is 4. The predicted octanol–water partition coefficient (Wildman–Crippen LogP) is 3.12. The molecular weight excluding hydrogens is 410 g/mol. The number of amides is 1. The van der Waals surface area contributed by atoms with E-state index in [4.69, 9.17) is 0 Å². The Morgan fingerprint density at radius 3 is 2.38 bits per heavy atom. The highest BCUT2D eigenvalue weighted by Gasteiger charge is 2.38. The van der Waals surface area contributed by atoms with Crippen LogP contribution in [0.5, 0.6) is 0 Å². The molecule has 2 fully saturated rings. The molecule has 0 atom stereocenters. The minimum Gasteiger partial charge on any atom is -0.339 e. The molecule has 4 rings (SSSR count). The topological polar surface area (TPSA) is 78.5 Å². The Morgan fingerprint density at radius 2 is 1.72 bits per heavy atom. The standard InChI is InChI=1S/C21H25N3O3S.ClH/c25-20(24-13-10-21(11-14-24)9-12-22-16-21)17-5-4-6-18(15-17)23-28(26,27)19-7-2-1-3-8-19;/h1-8,15,22-23H,9-14,16H2;1H. The molecule has 8 heteroatoms. The van der Waals surface area contributed by atoms with Gasteiger partial charge in [0.15, 0.2) is 0 Å². The van der Waals surface area contributed by atoms with Crippen LogP contribution >= 0.6 is 12.4 Å². The first-order valence-electron chi connectivity index (χ1n) is 9.66. The lowest BCUT2D eigenvalue weighted by atomic mass is 9.78. The minimum absolute atomic E-state index is 0. The molecule has 0 saturated carbocycles. The van der Waals surface area contributed by atoms with Crippen LogP contribution in [0.1, 0.15) is 29.6 Å². The summed E-state index contributed by atoms with van der Waals surface area (Å²) in [6, 6.07) is 14.9. The van der Waals surface area contributed by atoms with Gasteiger partial charge in [0.2, 0.25) is 0 Å². The van der Waals surface area contributed by atoms with E-state index in [0.717, 1.165) is 39.0 Å². The first kappa shape index (κ1) is 21.6. The Labute approximate surface area is 178 Å². The molecule has 2 aliphatic heterocycles. The SMILES string of the molecule is Cl.O=C(c1cccc(NS(=O)(=O)c2ccccc2)c1)N1CCC2(CCNC2)CC1. The van der Waals surface area contributed by atoms with Crippen molar-refractivity contribution in [1.29, 1.82) is 0 Å². The van der Waals surface area contributed by atoms with Gasteiger partial charge in [0.25, 0.3) is 15.9 Å². The maximum absolute atomic E-state index is 12.9. The summed E-state index contributed by atoms with van der Waals surface area (Å²) in [6.45, 7) is 3.62. The molecule has 156 valence electrons. The monoisotopic (exact) mass is 435 g/mol. The van der Waals surface area contributed by atoms with Crippen molar-refractivity contribution in [2.45, 2.75) is 24.2 Å². The van der Waals surface area contributed by atoms with Crippen LogP contribution in [0.25, 0.3) is 0 Å². The van der Waals surface area contributed by atoms with E-state index in [1.165, 1.54) is 6.42 Å². The summed E-state index contributed by atoms with van der Waals surface area (Å²) in [5, 5.41) is 3.43. The van der Waals surface area contributed by atoms with Gasteiger partial charge in [0.1, 0.15) is 0 Å². The zero-order chi connectivity index (χ0) is 19.6. The molecule has 2 aliphatic rings. The summed E-state index contributed by atoms with van der Waals surface area (Å²) in [5.41, 5.74) is 1.25. The lowest BCUT2D eigenvalue weighted by molar-refractivity contribution is 0.0607. The fourth-order valence-corrected chi connectivity index (χ4v) is 5.19. The van der Waals surface area contributed by atoms with E-state index in [0.29, 0.717) is 16.7 Å². The minimum atomic E-state index is -3.68. The summed E-state index contributed by atoms with van der Waals surface area (Å²) in [5.74, 6) is -0.0402. The van der Waals surface area contributed by atoms with E-state index in [-0.39, 0.29) is 23.2 Å². The van der Waals surface area contributed by atoms with Crippen molar-refractivity contribution in [3.8, 4) is 0 Å². The lowest BCUT2D eigenvalue weighted by Gasteiger charge is -2.39. The lowest BCUT2D eigenvalue weighted by Crippen LogP contribution is -2.44. The van der Waals surface area contributed by atoms with Gasteiger partial charge in [-0.05, 0) is 61.6 Å². The average molecular weight is 436 g/mol. The Balaban J connectivity index is 0.00000240. The van der Waals surface area contributed by atoms with Gasteiger partial charge < -0.3 is 10.2 Å². The van der Waals surface area contributed by atoms with Crippen molar-refractivity contribution in [1.82, 2.24) is 10.2 Å². The number of hydrogen-bond donors (Lipinski definition) is 2. The molecule has 29 heavy (non-hydrogen) atoms. The van der Waals surface area contributed by atoms with Gasteiger partial charge in [-0.25, -0.2) is 8.42 Å². The summed E-state index contributed by atoms with van der Waals surface area (Å²) >= 11 is 0. The van der Waals surface area contributed by atoms with E-state index in [1.54, 1.807) is 54.6 Å². The van der Waals surface area contributed by atoms with Crippen LogP contribution in [0.4, 0.5) is 5.69 Å². The number of carbonyl (C=O) groups excluding carboxylic acids is 1. The summed E-state index contributed by atoms with van der Waals surface area (Å²) < 4.78 is 27.6. The van der Waals surface area contributed by atoms with Gasteiger partial charge >= 0.3 is 0 Å². The zero-order valence-corrected chi connectivity index (χ0v) is 17.8. The van der Waals surface area contributed by atoms with Crippen molar-refractivity contribution in [2.75, 3.05) is 30.9 Å². The highest BCUT2D eigenvalue weighted by atomic mass is 35.5. The van der Waals surface area contributed by atoms with Crippen LogP contribution < -0.4 is 10.0 Å². The molecule has 2 saturated heterocycles. The van der Waals surface area contributed by atoms with Crippen LogP contribution in [0.2, 0.25) is 0 Å². The highest BCUT2D eigenvalue weighted by molar-refractivity contribution is 7.92. The fourth-order valence-electron chi connectivity index (χ4n) is 4.12. The van der Waals surface area contributed by atoms with Gasteiger partial charge in [0.05, 0.1) is 4.90 Å². The quantitative estimate of drug-likeness (QED) is 0.773. The Morgan fingerprint density at radius 1 is 1.00 bits per heavy atom. The number of sulfonamides is 1. The molecule has 6 nitrogen and oxygen atoms in total.